The Morgan fingerprint density at radius 2 is 2.18 bits per heavy atom. The lowest BCUT2D eigenvalue weighted by Crippen LogP contribution is -1.88. The largest absolute Gasteiger partial charge is 0.453 e. The first-order valence-corrected chi connectivity index (χ1v) is 6.47. The van der Waals surface area contributed by atoms with E-state index in [0.717, 1.165) is 8.04 Å². The summed E-state index contributed by atoms with van der Waals surface area (Å²) in [5.74, 6) is 0.781. The summed E-state index contributed by atoms with van der Waals surface area (Å²) in [5.41, 5.74) is 1.22. The fourth-order valence-electron chi connectivity index (χ4n) is 1.46. The minimum atomic E-state index is 0.252. The van der Waals surface area contributed by atoms with E-state index in [1.165, 1.54) is 0 Å². The molecule has 0 aliphatic heterocycles. The molecule has 1 aromatic carbocycles. The highest BCUT2D eigenvalue weighted by atomic mass is 127. The molecule has 0 saturated heterocycles. The van der Waals surface area contributed by atoms with Crippen molar-refractivity contribution in [3.63, 3.8) is 0 Å². The molecule has 5 heteroatoms. The zero-order chi connectivity index (χ0) is 12.4. The monoisotopic (exact) mass is 401 g/mol. The van der Waals surface area contributed by atoms with Crippen LogP contribution in [0.3, 0.4) is 0 Å². The first-order chi connectivity index (χ1) is 8.15. The lowest BCUT2D eigenvalue weighted by atomic mass is 10.1. The van der Waals surface area contributed by atoms with Crippen LogP contribution in [-0.2, 0) is 0 Å². The number of halogens is 2. The third kappa shape index (κ3) is 2.42. The van der Waals surface area contributed by atoms with Crippen molar-refractivity contribution >= 4 is 44.8 Å². The Hall–Kier alpha value is -1.13. The van der Waals surface area contributed by atoms with Gasteiger partial charge in [-0.2, -0.15) is 5.26 Å². The van der Waals surface area contributed by atoms with Crippen molar-refractivity contribution < 1.29 is 9.21 Å². The quantitative estimate of drug-likeness (QED) is 0.564. The maximum absolute atomic E-state index is 10.6. The molecule has 0 fully saturated rings. The molecule has 0 atom stereocenters. The van der Waals surface area contributed by atoms with Gasteiger partial charge in [-0.3, -0.25) is 4.79 Å². The average molecular weight is 402 g/mol. The van der Waals surface area contributed by atoms with E-state index in [4.69, 9.17) is 9.68 Å². The molecule has 1 aromatic heterocycles. The molecule has 0 aliphatic carbocycles. The minimum Gasteiger partial charge on any atom is -0.453 e. The molecule has 0 unspecified atom stereocenters. The van der Waals surface area contributed by atoms with Crippen LogP contribution in [0.1, 0.15) is 16.1 Å². The predicted octanol–water partition coefficient (Wildman–Crippen LogP) is 4.00. The second-order valence-corrected chi connectivity index (χ2v) is 5.32. The van der Waals surface area contributed by atoms with Crippen LogP contribution >= 0.6 is 38.5 Å². The number of aldehydes is 1. The highest BCUT2D eigenvalue weighted by Crippen LogP contribution is 2.32. The van der Waals surface area contributed by atoms with Crippen LogP contribution in [-0.4, -0.2) is 6.29 Å². The van der Waals surface area contributed by atoms with Gasteiger partial charge in [0, 0.05) is 13.6 Å². The third-order valence-electron chi connectivity index (χ3n) is 2.16. The molecule has 17 heavy (non-hydrogen) atoms. The van der Waals surface area contributed by atoms with Crippen molar-refractivity contribution in [3.8, 4) is 17.4 Å². The van der Waals surface area contributed by atoms with Gasteiger partial charge in [-0.15, -0.1) is 0 Å². The summed E-state index contributed by atoms with van der Waals surface area (Å²) in [4.78, 5) is 10.6. The zero-order valence-corrected chi connectivity index (χ0v) is 12.1. The number of rotatable bonds is 2. The number of nitriles is 1. The molecule has 2 aromatic rings. The van der Waals surface area contributed by atoms with Crippen molar-refractivity contribution in [2.45, 2.75) is 0 Å². The van der Waals surface area contributed by atoms with Crippen LogP contribution in [0.4, 0.5) is 0 Å². The van der Waals surface area contributed by atoms with Gasteiger partial charge in [-0.05, 0) is 46.9 Å². The highest BCUT2D eigenvalue weighted by Gasteiger charge is 2.14. The summed E-state index contributed by atoms with van der Waals surface area (Å²) in [6, 6.07) is 9.01. The van der Waals surface area contributed by atoms with Crippen LogP contribution in [0, 0.1) is 14.9 Å². The van der Waals surface area contributed by atoms with Crippen molar-refractivity contribution in [1.29, 1.82) is 5.26 Å². The van der Waals surface area contributed by atoms with Gasteiger partial charge in [0.2, 0.25) is 0 Å². The smallest absolute Gasteiger partial charge is 0.185 e. The van der Waals surface area contributed by atoms with Gasteiger partial charge in [0.1, 0.15) is 5.76 Å². The van der Waals surface area contributed by atoms with E-state index in [1.807, 2.05) is 6.07 Å². The molecular formula is C12H5BrINO2. The van der Waals surface area contributed by atoms with Gasteiger partial charge in [-0.1, -0.05) is 15.9 Å². The average Bonchev–Trinajstić information content (AvgIpc) is 2.76. The SMILES string of the molecule is N#Cc1cc(Br)cc(I)c1-c1ccc(C=O)o1. The van der Waals surface area contributed by atoms with Gasteiger partial charge in [0.15, 0.2) is 12.0 Å². The van der Waals surface area contributed by atoms with Crippen LogP contribution in [0.25, 0.3) is 11.3 Å². The number of hydrogen-bond donors (Lipinski definition) is 0. The second kappa shape index (κ2) is 5.02. The molecule has 0 amide bonds. The Morgan fingerprint density at radius 3 is 2.76 bits per heavy atom. The van der Waals surface area contributed by atoms with E-state index in [9.17, 15) is 4.79 Å². The predicted molar refractivity (Wildman–Crippen MR) is 74.7 cm³/mol. The lowest BCUT2D eigenvalue weighted by Gasteiger charge is -2.04. The van der Waals surface area contributed by atoms with Gasteiger partial charge in [0.25, 0.3) is 0 Å². The molecule has 0 saturated carbocycles. The van der Waals surface area contributed by atoms with Crippen LogP contribution in [0.15, 0.2) is 33.2 Å². The Labute approximate surface area is 120 Å². The first kappa shape index (κ1) is 12.3. The van der Waals surface area contributed by atoms with E-state index >= 15 is 0 Å². The molecule has 0 radical (unpaired) electrons. The number of carbonyl (C=O) groups is 1. The van der Waals surface area contributed by atoms with E-state index in [0.29, 0.717) is 23.2 Å². The Kier molecular flexibility index (Phi) is 3.64. The number of hydrogen-bond acceptors (Lipinski definition) is 3. The maximum atomic E-state index is 10.6. The molecule has 0 bridgehead atoms. The molecule has 84 valence electrons. The molecule has 3 nitrogen and oxygen atoms in total. The van der Waals surface area contributed by atoms with Gasteiger partial charge in [-0.25, -0.2) is 0 Å². The summed E-state index contributed by atoms with van der Waals surface area (Å²) in [7, 11) is 0. The lowest BCUT2D eigenvalue weighted by molar-refractivity contribution is 0.110. The standard InChI is InChI=1S/C12H5BrINO2/c13-8-3-7(5-15)12(10(14)4-8)11-2-1-9(6-16)17-11/h1-4,6H. The maximum Gasteiger partial charge on any atom is 0.185 e. The van der Waals surface area contributed by atoms with Crippen LogP contribution in [0.2, 0.25) is 0 Å². The van der Waals surface area contributed by atoms with E-state index in [2.05, 4.69) is 44.6 Å². The van der Waals surface area contributed by atoms with Crippen molar-refractivity contribution in [1.82, 2.24) is 0 Å². The summed E-state index contributed by atoms with van der Waals surface area (Å²) in [6.45, 7) is 0. The van der Waals surface area contributed by atoms with Crippen LogP contribution < -0.4 is 0 Å². The summed E-state index contributed by atoms with van der Waals surface area (Å²) in [5, 5.41) is 9.11. The van der Waals surface area contributed by atoms with Crippen molar-refractivity contribution in [2.24, 2.45) is 0 Å². The molecule has 0 N–H and O–H groups in total. The number of benzene rings is 1. The van der Waals surface area contributed by atoms with Crippen LogP contribution in [0.5, 0.6) is 0 Å². The normalized spacial score (nSPS) is 9.94. The van der Waals surface area contributed by atoms with E-state index < -0.39 is 0 Å². The zero-order valence-electron chi connectivity index (χ0n) is 8.41. The Balaban J connectivity index is 2.66. The fraction of sp³-hybridized carbons (Fsp3) is 0. The minimum absolute atomic E-state index is 0.252. The number of furan rings is 1. The number of nitrogens with zero attached hydrogens (tertiary/aromatic N) is 1. The van der Waals surface area contributed by atoms with Gasteiger partial charge in [0.05, 0.1) is 11.6 Å². The topological polar surface area (TPSA) is 54.0 Å². The van der Waals surface area contributed by atoms with E-state index in [-0.39, 0.29) is 5.76 Å². The molecule has 2 rings (SSSR count). The third-order valence-corrected chi connectivity index (χ3v) is 3.47. The van der Waals surface area contributed by atoms with Gasteiger partial charge >= 0.3 is 0 Å². The summed E-state index contributed by atoms with van der Waals surface area (Å²) >= 11 is 5.47. The summed E-state index contributed by atoms with van der Waals surface area (Å²) < 4.78 is 7.07. The first-order valence-electron chi connectivity index (χ1n) is 4.60. The van der Waals surface area contributed by atoms with Gasteiger partial charge < -0.3 is 4.42 Å². The van der Waals surface area contributed by atoms with E-state index in [1.54, 1.807) is 18.2 Å². The molecular weight excluding hydrogens is 397 g/mol. The summed E-state index contributed by atoms with van der Waals surface area (Å²) in [6.07, 6.45) is 0.640. The molecule has 0 aliphatic rings. The highest BCUT2D eigenvalue weighted by molar-refractivity contribution is 14.1. The second-order valence-electron chi connectivity index (χ2n) is 3.24. The Bertz CT molecular complexity index is 628. The number of carbonyl (C=O) groups excluding carboxylic acids is 1. The fourth-order valence-corrected chi connectivity index (χ4v) is 3.24. The Morgan fingerprint density at radius 1 is 1.41 bits per heavy atom. The van der Waals surface area contributed by atoms with Crippen molar-refractivity contribution in [2.75, 3.05) is 0 Å². The van der Waals surface area contributed by atoms with Crippen molar-refractivity contribution in [3.05, 3.63) is 43.6 Å². The molecule has 0 spiro atoms. The molecule has 1 heterocycles.